The summed E-state index contributed by atoms with van der Waals surface area (Å²) < 4.78 is 0. The molecule has 1 atom stereocenters. The fourth-order valence-corrected chi connectivity index (χ4v) is 5.49. The van der Waals surface area contributed by atoms with Crippen LogP contribution in [0.4, 0.5) is 5.82 Å². The smallest absolute Gasteiger partial charge is 0.242 e. The fourth-order valence-electron chi connectivity index (χ4n) is 5.11. The molecule has 1 N–H and O–H groups in total. The number of anilines is 1. The molecular formula is C31H40N4OS. The molecule has 0 radical (unpaired) electrons. The summed E-state index contributed by atoms with van der Waals surface area (Å²) in [7, 11) is 0. The molecule has 0 aliphatic heterocycles. The minimum absolute atomic E-state index is 0.122. The summed E-state index contributed by atoms with van der Waals surface area (Å²) in [6.45, 7) is 5.12. The van der Waals surface area contributed by atoms with Crippen molar-refractivity contribution in [1.29, 1.82) is 0 Å². The zero-order valence-electron chi connectivity index (χ0n) is 22.4. The second-order valence-electron chi connectivity index (χ2n) is 10.3. The second-order valence-corrected chi connectivity index (χ2v) is 11.3. The molecule has 1 aliphatic rings. The highest BCUT2D eigenvalue weighted by Gasteiger charge is 2.30. The number of thioether (sulfide) groups is 1. The highest BCUT2D eigenvalue weighted by molar-refractivity contribution is 7.98. The van der Waals surface area contributed by atoms with Crippen molar-refractivity contribution in [1.82, 2.24) is 15.3 Å². The Morgan fingerprint density at radius 1 is 0.973 bits per heavy atom. The number of hydrogen-bond acceptors (Lipinski definition) is 5. The van der Waals surface area contributed by atoms with E-state index >= 15 is 0 Å². The van der Waals surface area contributed by atoms with E-state index in [1.165, 1.54) is 19.3 Å². The van der Waals surface area contributed by atoms with Crippen LogP contribution in [0.5, 0.6) is 0 Å². The van der Waals surface area contributed by atoms with Gasteiger partial charge in [0.2, 0.25) is 5.91 Å². The van der Waals surface area contributed by atoms with Crippen LogP contribution in [-0.4, -0.2) is 46.5 Å². The van der Waals surface area contributed by atoms with Crippen molar-refractivity contribution in [2.24, 2.45) is 5.92 Å². The lowest BCUT2D eigenvalue weighted by atomic mass is 9.94. The van der Waals surface area contributed by atoms with Gasteiger partial charge in [0.05, 0.1) is 17.6 Å². The highest BCUT2D eigenvalue weighted by Crippen LogP contribution is 2.31. The van der Waals surface area contributed by atoms with Gasteiger partial charge in [0.25, 0.3) is 0 Å². The van der Waals surface area contributed by atoms with Crippen LogP contribution in [0.2, 0.25) is 0 Å². The molecule has 196 valence electrons. The van der Waals surface area contributed by atoms with Gasteiger partial charge in [-0.25, -0.2) is 4.98 Å². The summed E-state index contributed by atoms with van der Waals surface area (Å²) in [5.41, 5.74) is 3.75. The summed E-state index contributed by atoms with van der Waals surface area (Å²) in [5.74, 6) is 2.17. The van der Waals surface area contributed by atoms with Crippen LogP contribution < -0.4 is 10.2 Å². The molecule has 1 aromatic heterocycles. The minimum Gasteiger partial charge on any atom is -0.352 e. The maximum atomic E-state index is 13.8. The molecule has 4 rings (SSSR count). The van der Waals surface area contributed by atoms with Gasteiger partial charge in [-0.15, -0.1) is 0 Å². The monoisotopic (exact) mass is 516 g/mol. The Morgan fingerprint density at radius 2 is 1.59 bits per heavy atom. The number of carbonyl (C=O) groups is 1. The van der Waals surface area contributed by atoms with Crippen LogP contribution in [-0.2, 0) is 4.79 Å². The summed E-state index contributed by atoms with van der Waals surface area (Å²) in [4.78, 5) is 26.1. The first-order valence-corrected chi connectivity index (χ1v) is 15.0. The van der Waals surface area contributed by atoms with Crippen molar-refractivity contribution < 1.29 is 4.79 Å². The second kappa shape index (κ2) is 13.6. The Morgan fingerprint density at radius 3 is 2.19 bits per heavy atom. The lowest BCUT2D eigenvalue weighted by molar-refractivity contribution is -0.123. The molecule has 0 saturated heterocycles. The average Bonchev–Trinajstić information content (AvgIpc) is 2.94. The number of carbonyl (C=O) groups excluding carboxylic acids is 1. The standard InChI is InChI=1S/C31H40N4OS/c1-23(2)21-27(31(36)33-26-17-11-6-12-18-26)35(19-20-37-3)28-22-32-29(24-13-7-4-8-14-24)30(34-28)25-15-9-5-10-16-25/h4-5,7-10,13-16,22-23,26-27H,6,11-12,17-21H2,1-3H3,(H,33,36). The third-order valence-electron chi connectivity index (χ3n) is 7.01. The van der Waals surface area contributed by atoms with Crippen LogP contribution in [0.3, 0.4) is 0 Å². The first-order valence-electron chi connectivity index (χ1n) is 13.6. The molecule has 1 saturated carbocycles. The molecule has 0 bridgehead atoms. The predicted octanol–water partition coefficient (Wildman–Crippen LogP) is 6.84. The molecule has 0 spiro atoms. The molecule has 1 aliphatic carbocycles. The molecule has 1 unspecified atom stereocenters. The first-order chi connectivity index (χ1) is 18.1. The van der Waals surface area contributed by atoms with E-state index in [1.807, 2.05) is 42.6 Å². The molecule has 1 fully saturated rings. The molecule has 2 aromatic carbocycles. The summed E-state index contributed by atoms with van der Waals surface area (Å²) in [5, 5.41) is 3.40. The summed E-state index contributed by atoms with van der Waals surface area (Å²) in [6, 6.07) is 20.4. The van der Waals surface area contributed by atoms with Crippen molar-refractivity contribution in [3.63, 3.8) is 0 Å². The van der Waals surface area contributed by atoms with Crippen molar-refractivity contribution in [2.75, 3.05) is 23.5 Å². The lowest BCUT2D eigenvalue weighted by Crippen LogP contribution is -2.51. The molecule has 3 aromatic rings. The number of amides is 1. The third-order valence-corrected chi connectivity index (χ3v) is 7.60. The van der Waals surface area contributed by atoms with Gasteiger partial charge in [-0.1, -0.05) is 93.8 Å². The van der Waals surface area contributed by atoms with Crippen LogP contribution in [0.1, 0.15) is 52.4 Å². The maximum absolute atomic E-state index is 13.8. The Labute approximate surface area is 226 Å². The number of benzene rings is 2. The average molecular weight is 517 g/mol. The van der Waals surface area contributed by atoms with Gasteiger partial charge in [-0.2, -0.15) is 11.8 Å². The number of aromatic nitrogens is 2. The quantitative estimate of drug-likeness (QED) is 0.302. The molecule has 1 heterocycles. The van der Waals surface area contributed by atoms with E-state index < -0.39 is 0 Å². The molecule has 5 nitrogen and oxygen atoms in total. The van der Waals surface area contributed by atoms with E-state index in [2.05, 4.69) is 54.6 Å². The highest BCUT2D eigenvalue weighted by atomic mass is 32.2. The van der Waals surface area contributed by atoms with Crippen molar-refractivity contribution in [3.8, 4) is 22.5 Å². The predicted molar refractivity (Wildman–Crippen MR) is 157 cm³/mol. The van der Waals surface area contributed by atoms with Crippen LogP contribution >= 0.6 is 11.8 Å². The lowest BCUT2D eigenvalue weighted by Gasteiger charge is -2.34. The van der Waals surface area contributed by atoms with Crippen LogP contribution in [0.25, 0.3) is 22.5 Å². The van der Waals surface area contributed by atoms with E-state index in [-0.39, 0.29) is 18.0 Å². The topological polar surface area (TPSA) is 58.1 Å². The van der Waals surface area contributed by atoms with Crippen LogP contribution in [0.15, 0.2) is 66.9 Å². The zero-order valence-corrected chi connectivity index (χ0v) is 23.2. The van der Waals surface area contributed by atoms with E-state index in [4.69, 9.17) is 9.97 Å². The van der Waals surface area contributed by atoms with Gasteiger partial charge in [-0.05, 0) is 31.4 Å². The van der Waals surface area contributed by atoms with E-state index in [1.54, 1.807) is 11.8 Å². The molecule has 6 heteroatoms. The third kappa shape index (κ3) is 7.35. The molecular weight excluding hydrogens is 476 g/mol. The Kier molecular flexibility index (Phi) is 10.0. The largest absolute Gasteiger partial charge is 0.352 e. The number of nitrogens with zero attached hydrogens (tertiary/aromatic N) is 3. The zero-order chi connectivity index (χ0) is 26.0. The summed E-state index contributed by atoms with van der Waals surface area (Å²) >= 11 is 1.79. The molecule has 37 heavy (non-hydrogen) atoms. The van der Waals surface area contributed by atoms with Gasteiger partial charge < -0.3 is 10.2 Å². The number of hydrogen-bond donors (Lipinski definition) is 1. The normalized spacial score (nSPS) is 14.9. The Balaban J connectivity index is 1.74. The SMILES string of the molecule is CSCCN(c1cnc(-c2ccccc2)c(-c2ccccc2)n1)C(CC(C)C)C(=O)NC1CCCCC1. The Hall–Kier alpha value is -2.86. The first kappa shape index (κ1) is 27.2. The van der Waals surface area contributed by atoms with Gasteiger partial charge in [0.15, 0.2) is 0 Å². The van der Waals surface area contributed by atoms with E-state index in [0.29, 0.717) is 5.92 Å². The van der Waals surface area contributed by atoms with Crippen molar-refractivity contribution >= 4 is 23.5 Å². The van der Waals surface area contributed by atoms with Gasteiger partial charge in [0, 0.05) is 29.5 Å². The van der Waals surface area contributed by atoms with Gasteiger partial charge in [0.1, 0.15) is 11.9 Å². The fraction of sp³-hybridized carbons (Fsp3) is 0.452. The van der Waals surface area contributed by atoms with E-state index in [0.717, 1.165) is 59.9 Å². The van der Waals surface area contributed by atoms with Gasteiger partial charge in [-0.3, -0.25) is 9.78 Å². The summed E-state index contributed by atoms with van der Waals surface area (Å²) in [6.07, 6.45) is 10.6. The van der Waals surface area contributed by atoms with E-state index in [9.17, 15) is 4.79 Å². The maximum Gasteiger partial charge on any atom is 0.242 e. The van der Waals surface area contributed by atoms with Crippen molar-refractivity contribution in [3.05, 3.63) is 66.9 Å². The number of nitrogens with one attached hydrogen (secondary N) is 1. The Bertz CT molecular complexity index is 1120. The van der Waals surface area contributed by atoms with Crippen LogP contribution in [0, 0.1) is 5.92 Å². The van der Waals surface area contributed by atoms with Gasteiger partial charge >= 0.3 is 0 Å². The molecule has 1 amide bonds. The van der Waals surface area contributed by atoms with Crippen molar-refractivity contribution in [2.45, 2.75) is 64.5 Å². The number of rotatable bonds is 11. The minimum atomic E-state index is -0.283.